The fourth-order valence-electron chi connectivity index (χ4n) is 3.01. The molecule has 1 saturated heterocycles. The van der Waals surface area contributed by atoms with Gasteiger partial charge >= 0.3 is 5.97 Å². The summed E-state index contributed by atoms with van der Waals surface area (Å²) in [4.78, 5) is 18.8. The molecule has 0 spiro atoms. The molecule has 0 aliphatic carbocycles. The van der Waals surface area contributed by atoms with Gasteiger partial charge in [0.1, 0.15) is 11.9 Å². The van der Waals surface area contributed by atoms with Crippen LogP contribution in [0.4, 0.5) is 0 Å². The monoisotopic (exact) mass is 395 g/mol. The van der Waals surface area contributed by atoms with E-state index >= 15 is 0 Å². The number of carbonyl (C=O) groups excluding carboxylic acids is 1. The van der Waals surface area contributed by atoms with E-state index in [-0.39, 0.29) is 18.0 Å². The summed E-state index contributed by atoms with van der Waals surface area (Å²) in [6.45, 7) is 9.25. The Labute approximate surface area is 166 Å². The number of aliphatic imine (C=N–C) groups is 1. The number of nitrogens with zero attached hydrogens (tertiary/aromatic N) is 2. The van der Waals surface area contributed by atoms with Crippen molar-refractivity contribution in [2.75, 3.05) is 32.8 Å². The summed E-state index contributed by atoms with van der Waals surface area (Å²) >= 11 is 5.90. The van der Waals surface area contributed by atoms with Crippen LogP contribution in [0.25, 0.3) is 0 Å². The third-order valence-corrected chi connectivity index (χ3v) is 4.65. The molecule has 1 atom stereocenters. The molecule has 0 amide bonds. The summed E-state index contributed by atoms with van der Waals surface area (Å²) in [6, 6.07) is 7.33. The number of guanidine groups is 1. The van der Waals surface area contributed by atoms with Crippen LogP contribution in [-0.4, -0.2) is 55.7 Å². The average molecular weight is 396 g/mol. The third kappa shape index (κ3) is 6.94. The predicted octanol–water partition coefficient (Wildman–Crippen LogP) is 3.35. The van der Waals surface area contributed by atoms with Crippen LogP contribution < -0.4 is 10.1 Å². The predicted molar refractivity (Wildman–Crippen MR) is 108 cm³/mol. The van der Waals surface area contributed by atoms with E-state index in [0.29, 0.717) is 18.2 Å². The van der Waals surface area contributed by atoms with E-state index in [1.807, 2.05) is 38.1 Å². The SMILES string of the molecule is CCNC(=NCC(C)Oc1ccc(Cl)cc1)N1CCC(C(=O)OCC)CC1. The number of likely N-dealkylation sites (tertiary alicyclic amines) is 1. The fourth-order valence-corrected chi connectivity index (χ4v) is 3.14. The molecule has 1 aliphatic heterocycles. The van der Waals surface area contributed by atoms with Gasteiger partial charge in [0.25, 0.3) is 0 Å². The lowest BCUT2D eigenvalue weighted by Crippen LogP contribution is -2.47. The summed E-state index contributed by atoms with van der Waals surface area (Å²) in [5, 5.41) is 4.02. The second kappa shape index (κ2) is 11.0. The van der Waals surface area contributed by atoms with E-state index in [0.717, 1.165) is 44.2 Å². The number of hydrogen-bond acceptors (Lipinski definition) is 4. The number of ether oxygens (including phenoxy) is 2. The van der Waals surface area contributed by atoms with Crippen molar-refractivity contribution in [1.29, 1.82) is 0 Å². The molecule has 1 heterocycles. The summed E-state index contributed by atoms with van der Waals surface area (Å²) < 4.78 is 11.0. The molecule has 0 radical (unpaired) electrons. The van der Waals surface area contributed by atoms with Crippen LogP contribution in [0, 0.1) is 5.92 Å². The van der Waals surface area contributed by atoms with E-state index in [4.69, 9.17) is 26.1 Å². The molecule has 1 fully saturated rings. The first-order valence-electron chi connectivity index (χ1n) is 9.65. The second-order valence-corrected chi connectivity index (χ2v) is 7.03. The van der Waals surface area contributed by atoms with E-state index in [1.54, 1.807) is 0 Å². The Kier molecular flexibility index (Phi) is 8.72. The molecule has 1 N–H and O–H groups in total. The first kappa shape index (κ1) is 21.4. The van der Waals surface area contributed by atoms with Crippen molar-refractivity contribution >= 4 is 23.5 Å². The second-order valence-electron chi connectivity index (χ2n) is 6.59. The molecular weight excluding hydrogens is 366 g/mol. The summed E-state index contributed by atoms with van der Waals surface area (Å²) in [6.07, 6.45) is 1.53. The summed E-state index contributed by atoms with van der Waals surface area (Å²) in [7, 11) is 0. The normalized spacial score (nSPS) is 16.7. The van der Waals surface area contributed by atoms with E-state index < -0.39 is 0 Å². The van der Waals surface area contributed by atoms with Gasteiger partial charge in [0, 0.05) is 24.7 Å². The molecule has 7 heteroatoms. The van der Waals surface area contributed by atoms with Gasteiger partial charge in [0.05, 0.1) is 19.1 Å². The largest absolute Gasteiger partial charge is 0.489 e. The standard InChI is InChI=1S/C20H30ClN3O3/c1-4-22-20(24-12-10-16(11-13-24)19(25)26-5-2)23-14-15(3)27-18-8-6-17(21)7-9-18/h6-9,15-16H,4-5,10-14H2,1-3H3,(H,22,23). The highest BCUT2D eigenvalue weighted by Crippen LogP contribution is 2.19. The molecule has 6 nitrogen and oxygen atoms in total. The van der Waals surface area contributed by atoms with Crippen molar-refractivity contribution in [3.05, 3.63) is 29.3 Å². The molecular formula is C20H30ClN3O3. The van der Waals surface area contributed by atoms with Crippen LogP contribution in [0.15, 0.2) is 29.3 Å². The van der Waals surface area contributed by atoms with Gasteiger partial charge in [-0.1, -0.05) is 11.6 Å². The Bertz CT molecular complexity index is 613. The highest BCUT2D eigenvalue weighted by Gasteiger charge is 2.27. The highest BCUT2D eigenvalue weighted by atomic mass is 35.5. The lowest BCUT2D eigenvalue weighted by atomic mass is 9.97. The maximum Gasteiger partial charge on any atom is 0.309 e. The lowest BCUT2D eigenvalue weighted by molar-refractivity contribution is -0.149. The quantitative estimate of drug-likeness (QED) is 0.435. The molecule has 2 rings (SSSR count). The minimum atomic E-state index is -0.0796. The van der Waals surface area contributed by atoms with E-state index in [1.165, 1.54) is 0 Å². The highest BCUT2D eigenvalue weighted by molar-refractivity contribution is 6.30. The van der Waals surface area contributed by atoms with Crippen LogP contribution in [0.2, 0.25) is 5.02 Å². The molecule has 1 aliphatic rings. The number of esters is 1. The number of rotatable bonds is 7. The van der Waals surface area contributed by atoms with Crippen LogP contribution >= 0.6 is 11.6 Å². The van der Waals surface area contributed by atoms with Crippen LogP contribution in [0.3, 0.4) is 0 Å². The van der Waals surface area contributed by atoms with Crippen molar-refractivity contribution in [3.63, 3.8) is 0 Å². The molecule has 0 bridgehead atoms. The number of hydrogen-bond donors (Lipinski definition) is 1. The number of benzene rings is 1. The molecule has 1 aromatic carbocycles. The number of nitrogens with one attached hydrogen (secondary N) is 1. The van der Waals surface area contributed by atoms with E-state index in [9.17, 15) is 4.79 Å². The first-order valence-corrected chi connectivity index (χ1v) is 10.0. The van der Waals surface area contributed by atoms with Crippen molar-refractivity contribution in [2.24, 2.45) is 10.9 Å². The van der Waals surface area contributed by atoms with Gasteiger partial charge in [-0.05, 0) is 57.9 Å². The molecule has 0 aromatic heterocycles. The molecule has 1 unspecified atom stereocenters. The third-order valence-electron chi connectivity index (χ3n) is 4.40. The van der Waals surface area contributed by atoms with Crippen LogP contribution in [0.5, 0.6) is 5.75 Å². The minimum Gasteiger partial charge on any atom is -0.489 e. The maximum absolute atomic E-state index is 11.9. The minimum absolute atomic E-state index is 0.00348. The Morgan fingerprint density at radius 3 is 2.56 bits per heavy atom. The molecule has 0 saturated carbocycles. The van der Waals surface area contributed by atoms with Gasteiger partial charge in [0.15, 0.2) is 5.96 Å². The summed E-state index contributed by atoms with van der Waals surface area (Å²) in [5.74, 6) is 1.56. The molecule has 150 valence electrons. The lowest BCUT2D eigenvalue weighted by Gasteiger charge is -2.33. The molecule has 1 aromatic rings. The summed E-state index contributed by atoms with van der Waals surface area (Å²) in [5.41, 5.74) is 0. The van der Waals surface area contributed by atoms with Crippen molar-refractivity contribution in [3.8, 4) is 5.75 Å². The van der Waals surface area contributed by atoms with Gasteiger partial charge in [0.2, 0.25) is 0 Å². The van der Waals surface area contributed by atoms with Gasteiger partial charge in [-0.15, -0.1) is 0 Å². The smallest absolute Gasteiger partial charge is 0.309 e. The Hall–Kier alpha value is -1.95. The topological polar surface area (TPSA) is 63.2 Å². The fraction of sp³-hybridized carbons (Fsp3) is 0.600. The zero-order valence-corrected chi connectivity index (χ0v) is 17.2. The maximum atomic E-state index is 11.9. The average Bonchev–Trinajstić information content (AvgIpc) is 2.67. The Morgan fingerprint density at radius 1 is 1.30 bits per heavy atom. The van der Waals surface area contributed by atoms with Crippen molar-refractivity contribution < 1.29 is 14.3 Å². The van der Waals surface area contributed by atoms with Crippen molar-refractivity contribution in [2.45, 2.75) is 39.7 Å². The van der Waals surface area contributed by atoms with Gasteiger partial charge in [-0.2, -0.15) is 0 Å². The van der Waals surface area contributed by atoms with E-state index in [2.05, 4.69) is 17.1 Å². The van der Waals surface area contributed by atoms with Gasteiger partial charge < -0.3 is 19.7 Å². The van der Waals surface area contributed by atoms with Crippen molar-refractivity contribution in [1.82, 2.24) is 10.2 Å². The Morgan fingerprint density at radius 2 is 1.96 bits per heavy atom. The number of piperidine rings is 1. The van der Waals surface area contributed by atoms with Crippen LogP contribution in [0.1, 0.15) is 33.6 Å². The number of carbonyl (C=O) groups is 1. The Balaban J connectivity index is 1.88. The van der Waals surface area contributed by atoms with Crippen LogP contribution in [-0.2, 0) is 9.53 Å². The van der Waals surface area contributed by atoms with Gasteiger partial charge in [-0.25, -0.2) is 4.99 Å². The first-order chi connectivity index (χ1) is 13.0. The number of halogens is 1. The molecule has 27 heavy (non-hydrogen) atoms. The zero-order chi connectivity index (χ0) is 19.6. The zero-order valence-electron chi connectivity index (χ0n) is 16.4. The van der Waals surface area contributed by atoms with Gasteiger partial charge in [-0.3, -0.25) is 4.79 Å².